The van der Waals surface area contributed by atoms with Gasteiger partial charge in [-0.3, -0.25) is 4.79 Å². The lowest BCUT2D eigenvalue weighted by Crippen LogP contribution is -2.58. The van der Waals surface area contributed by atoms with Crippen molar-refractivity contribution in [2.24, 2.45) is 0 Å². The molecule has 1 amide bonds. The molecule has 1 fully saturated rings. The van der Waals surface area contributed by atoms with Gasteiger partial charge in [-0.05, 0) is 41.0 Å². The zero-order valence-electron chi connectivity index (χ0n) is 16.5. The maximum Gasteiger partial charge on any atom is 0.241 e. The summed E-state index contributed by atoms with van der Waals surface area (Å²) in [6.45, 7) is 6.96. The van der Waals surface area contributed by atoms with E-state index in [0.29, 0.717) is 6.54 Å². The maximum absolute atomic E-state index is 12.5. The smallest absolute Gasteiger partial charge is 0.241 e. The zero-order chi connectivity index (χ0) is 19.5. The number of fused-ring (bicyclic) bond motifs is 4. The van der Waals surface area contributed by atoms with Gasteiger partial charge in [0, 0.05) is 11.1 Å². The summed E-state index contributed by atoms with van der Waals surface area (Å²) < 4.78 is 0. The number of nitrogens with one attached hydrogen (secondary N) is 1. The van der Waals surface area contributed by atoms with Crippen molar-refractivity contribution in [2.75, 3.05) is 11.4 Å². The Bertz CT molecular complexity index is 1140. The van der Waals surface area contributed by atoms with Crippen LogP contribution in [0.2, 0.25) is 0 Å². The molecule has 3 nitrogen and oxygen atoms in total. The summed E-state index contributed by atoms with van der Waals surface area (Å²) in [7, 11) is 0. The predicted octanol–water partition coefficient (Wildman–Crippen LogP) is 4.79. The molecule has 0 radical (unpaired) electrons. The van der Waals surface area contributed by atoms with Crippen LogP contribution in [0.5, 0.6) is 0 Å². The highest BCUT2D eigenvalue weighted by Crippen LogP contribution is 2.53. The lowest BCUT2D eigenvalue weighted by molar-refractivity contribution is -0.118. The van der Waals surface area contributed by atoms with E-state index in [1.54, 1.807) is 0 Å². The Balaban J connectivity index is 1.67. The highest BCUT2D eigenvalue weighted by Gasteiger charge is 2.59. The predicted molar refractivity (Wildman–Crippen MR) is 115 cm³/mol. The number of hydrogen-bond donors (Lipinski definition) is 1. The van der Waals surface area contributed by atoms with Gasteiger partial charge in [-0.25, -0.2) is 0 Å². The number of hydrogen-bond acceptors (Lipinski definition) is 2. The molecule has 3 heteroatoms. The second-order valence-corrected chi connectivity index (χ2v) is 8.45. The SMILES string of the molecule is Cc1ccc2c(c1)C(C)(C)C1(/C=C/c3cccc4ccccc34)NC(=O)CN21. The fourth-order valence-electron chi connectivity index (χ4n) is 4.89. The molecule has 5 rings (SSSR count). The molecule has 0 bridgehead atoms. The van der Waals surface area contributed by atoms with Gasteiger partial charge in [-0.1, -0.05) is 80.1 Å². The third-order valence-corrected chi connectivity index (χ3v) is 6.45. The number of carbonyl (C=O) groups is 1. The lowest BCUT2D eigenvalue weighted by Gasteiger charge is -2.40. The van der Waals surface area contributed by atoms with Gasteiger partial charge in [0.05, 0.1) is 6.54 Å². The highest BCUT2D eigenvalue weighted by molar-refractivity contribution is 5.93. The molecule has 140 valence electrons. The van der Waals surface area contributed by atoms with Gasteiger partial charge in [0.25, 0.3) is 0 Å². The van der Waals surface area contributed by atoms with E-state index in [9.17, 15) is 4.79 Å². The number of anilines is 1. The normalized spacial score (nSPS) is 22.5. The zero-order valence-corrected chi connectivity index (χ0v) is 16.5. The molecule has 3 aromatic carbocycles. The fourth-order valence-corrected chi connectivity index (χ4v) is 4.89. The standard InChI is InChI=1S/C25H24N2O/c1-17-11-12-22-21(15-17)24(2,3)25(26-23(28)16-27(22)25)14-13-19-9-6-8-18-7-4-5-10-20(18)19/h4-15H,16H2,1-3H3,(H,26,28)/b14-13+. The number of benzene rings is 3. The Morgan fingerprint density at radius 2 is 1.82 bits per heavy atom. The third-order valence-electron chi connectivity index (χ3n) is 6.45. The molecule has 0 spiro atoms. The summed E-state index contributed by atoms with van der Waals surface area (Å²) in [5.74, 6) is 0.0712. The molecule has 28 heavy (non-hydrogen) atoms. The summed E-state index contributed by atoms with van der Waals surface area (Å²) in [4.78, 5) is 14.7. The number of nitrogens with zero attached hydrogens (tertiary/aromatic N) is 1. The van der Waals surface area contributed by atoms with E-state index < -0.39 is 5.66 Å². The summed E-state index contributed by atoms with van der Waals surface area (Å²) in [5, 5.41) is 5.75. The van der Waals surface area contributed by atoms with Crippen LogP contribution in [0.15, 0.2) is 66.7 Å². The Morgan fingerprint density at radius 1 is 1.04 bits per heavy atom. The first-order valence-corrected chi connectivity index (χ1v) is 9.79. The second-order valence-electron chi connectivity index (χ2n) is 8.45. The van der Waals surface area contributed by atoms with Crippen LogP contribution in [0.25, 0.3) is 16.8 Å². The van der Waals surface area contributed by atoms with Crippen LogP contribution in [-0.4, -0.2) is 18.1 Å². The van der Waals surface area contributed by atoms with Crippen LogP contribution in [0.3, 0.4) is 0 Å². The largest absolute Gasteiger partial charge is 0.335 e. The molecule has 1 saturated heterocycles. The summed E-state index contributed by atoms with van der Waals surface area (Å²) in [6.07, 6.45) is 4.36. The molecule has 2 heterocycles. The van der Waals surface area contributed by atoms with E-state index in [1.165, 1.54) is 21.9 Å². The molecule has 1 atom stereocenters. The summed E-state index contributed by atoms with van der Waals surface area (Å²) in [5.41, 5.74) is 4.04. The van der Waals surface area contributed by atoms with Crippen LogP contribution < -0.4 is 10.2 Å². The minimum atomic E-state index is -0.558. The van der Waals surface area contributed by atoms with Crippen LogP contribution in [0.4, 0.5) is 5.69 Å². The molecular formula is C25H24N2O. The Labute approximate surface area is 165 Å². The maximum atomic E-state index is 12.5. The molecule has 1 N–H and O–H groups in total. The van der Waals surface area contributed by atoms with Gasteiger partial charge in [0.1, 0.15) is 5.66 Å². The molecular weight excluding hydrogens is 344 g/mol. The first-order valence-electron chi connectivity index (χ1n) is 9.79. The molecule has 0 aliphatic carbocycles. The van der Waals surface area contributed by atoms with Gasteiger partial charge < -0.3 is 10.2 Å². The first kappa shape index (κ1) is 17.1. The number of amides is 1. The van der Waals surface area contributed by atoms with Crippen molar-refractivity contribution in [2.45, 2.75) is 31.8 Å². The Kier molecular flexibility index (Phi) is 3.48. The van der Waals surface area contributed by atoms with Crippen LogP contribution in [0, 0.1) is 6.92 Å². The molecule has 0 aromatic heterocycles. The van der Waals surface area contributed by atoms with Gasteiger partial charge in [0.15, 0.2) is 0 Å². The second kappa shape index (κ2) is 5.71. The van der Waals surface area contributed by atoms with E-state index in [4.69, 9.17) is 0 Å². The van der Waals surface area contributed by atoms with Gasteiger partial charge in [-0.15, -0.1) is 0 Å². The van der Waals surface area contributed by atoms with Crippen molar-refractivity contribution < 1.29 is 4.79 Å². The highest BCUT2D eigenvalue weighted by atomic mass is 16.2. The van der Waals surface area contributed by atoms with E-state index in [2.05, 4.69) is 104 Å². The quantitative estimate of drug-likeness (QED) is 0.706. The Morgan fingerprint density at radius 3 is 2.68 bits per heavy atom. The molecule has 2 aliphatic rings. The molecule has 1 unspecified atom stereocenters. The third kappa shape index (κ3) is 2.19. The first-order chi connectivity index (χ1) is 13.4. The summed E-state index contributed by atoms with van der Waals surface area (Å²) in [6, 6.07) is 21.3. The molecule has 2 aliphatic heterocycles. The molecule has 3 aromatic rings. The van der Waals surface area contributed by atoms with E-state index in [1.807, 2.05) is 0 Å². The van der Waals surface area contributed by atoms with Gasteiger partial charge >= 0.3 is 0 Å². The fraction of sp³-hybridized carbons (Fsp3) is 0.240. The average Bonchev–Trinajstić information content (AvgIpc) is 3.11. The number of rotatable bonds is 2. The topological polar surface area (TPSA) is 32.3 Å². The van der Waals surface area contributed by atoms with Crippen LogP contribution in [0.1, 0.15) is 30.5 Å². The van der Waals surface area contributed by atoms with Crippen molar-refractivity contribution in [1.29, 1.82) is 0 Å². The van der Waals surface area contributed by atoms with Crippen molar-refractivity contribution in [3.8, 4) is 0 Å². The van der Waals surface area contributed by atoms with Crippen molar-refractivity contribution in [3.63, 3.8) is 0 Å². The number of aryl methyl sites for hydroxylation is 1. The van der Waals surface area contributed by atoms with Crippen molar-refractivity contribution in [1.82, 2.24) is 5.32 Å². The van der Waals surface area contributed by atoms with Crippen LogP contribution in [-0.2, 0) is 10.2 Å². The Hall–Kier alpha value is -3.07. The minimum Gasteiger partial charge on any atom is -0.335 e. The van der Waals surface area contributed by atoms with E-state index >= 15 is 0 Å². The van der Waals surface area contributed by atoms with Crippen molar-refractivity contribution >= 4 is 28.4 Å². The van der Waals surface area contributed by atoms with Gasteiger partial charge in [-0.2, -0.15) is 0 Å². The monoisotopic (exact) mass is 368 g/mol. The van der Waals surface area contributed by atoms with E-state index in [0.717, 1.165) is 11.3 Å². The molecule has 0 saturated carbocycles. The van der Waals surface area contributed by atoms with Gasteiger partial charge in [0.2, 0.25) is 5.91 Å². The van der Waals surface area contributed by atoms with Crippen molar-refractivity contribution in [3.05, 3.63) is 83.4 Å². The van der Waals surface area contributed by atoms with E-state index in [-0.39, 0.29) is 11.3 Å². The van der Waals surface area contributed by atoms with Crippen LogP contribution >= 0.6 is 0 Å². The minimum absolute atomic E-state index is 0.0712. The lowest BCUT2D eigenvalue weighted by atomic mass is 9.75. The summed E-state index contributed by atoms with van der Waals surface area (Å²) >= 11 is 0. The average molecular weight is 368 g/mol. The number of carbonyl (C=O) groups excluding carboxylic acids is 1.